The molecular formula is C20H20FN5O2. The van der Waals surface area contributed by atoms with Crippen molar-refractivity contribution in [3.05, 3.63) is 59.4 Å². The molecule has 0 atom stereocenters. The smallest absolute Gasteiger partial charge is 0.253 e. The van der Waals surface area contributed by atoms with Gasteiger partial charge in [-0.2, -0.15) is 0 Å². The zero-order valence-corrected chi connectivity index (χ0v) is 15.2. The maximum Gasteiger partial charge on any atom is 0.253 e. The van der Waals surface area contributed by atoms with Crippen LogP contribution in [0.3, 0.4) is 0 Å². The van der Waals surface area contributed by atoms with E-state index in [9.17, 15) is 14.0 Å². The van der Waals surface area contributed by atoms with Crippen LogP contribution in [0.2, 0.25) is 0 Å². The van der Waals surface area contributed by atoms with Crippen molar-refractivity contribution in [1.29, 1.82) is 0 Å². The lowest BCUT2D eigenvalue weighted by Gasteiger charge is -2.30. The summed E-state index contributed by atoms with van der Waals surface area (Å²) in [6.45, 7) is 1.49. The molecule has 1 aromatic heterocycles. The second-order valence-electron chi connectivity index (χ2n) is 7.05. The van der Waals surface area contributed by atoms with Crippen molar-refractivity contribution in [2.45, 2.75) is 19.4 Å². The number of aromatic nitrogens is 3. The third kappa shape index (κ3) is 3.58. The third-order valence-electron chi connectivity index (χ3n) is 5.19. The number of piperidine rings is 1. The van der Waals surface area contributed by atoms with E-state index in [4.69, 9.17) is 5.73 Å². The van der Waals surface area contributed by atoms with Gasteiger partial charge >= 0.3 is 0 Å². The van der Waals surface area contributed by atoms with Crippen molar-refractivity contribution < 1.29 is 14.0 Å². The second-order valence-corrected chi connectivity index (χ2v) is 7.05. The monoisotopic (exact) mass is 381 g/mol. The number of hydrogen-bond donors (Lipinski definition) is 1. The second kappa shape index (κ2) is 7.38. The molecule has 2 N–H and O–H groups in total. The molecule has 0 saturated carbocycles. The predicted octanol–water partition coefficient (Wildman–Crippen LogP) is 1.96. The minimum absolute atomic E-state index is 0.0853. The van der Waals surface area contributed by atoms with E-state index in [1.165, 1.54) is 12.1 Å². The number of rotatable bonds is 4. The van der Waals surface area contributed by atoms with E-state index in [1.807, 2.05) is 6.07 Å². The van der Waals surface area contributed by atoms with Crippen LogP contribution < -0.4 is 5.73 Å². The molecule has 2 heterocycles. The molecule has 7 nitrogen and oxygen atoms in total. The molecule has 0 aliphatic carbocycles. The van der Waals surface area contributed by atoms with Gasteiger partial charge in [-0.1, -0.05) is 17.3 Å². The summed E-state index contributed by atoms with van der Waals surface area (Å²) < 4.78 is 14.8. The summed E-state index contributed by atoms with van der Waals surface area (Å²) in [4.78, 5) is 25.8. The highest BCUT2D eigenvalue weighted by Crippen LogP contribution is 2.21. The Morgan fingerprint density at radius 1 is 1.11 bits per heavy atom. The number of carbonyl (C=O) groups is 2. The van der Waals surface area contributed by atoms with Crippen LogP contribution in [-0.2, 0) is 11.3 Å². The van der Waals surface area contributed by atoms with Gasteiger partial charge in [0, 0.05) is 24.6 Å². The summed E-state index contributed by atoms with van der Waals surface area (Å²) in [6.07, 6.45) is 1.19. The zero-order chi connectivity index (χ0) is 19.7. The summed E-state index contributed by atoms with van der Waals surface area (Å²) >= 11 is 0. The topological polar surface area (TPSA) is 94.1 Å². The van der Waals surface area contributed by atoms with Crippen LogP contribution in [0.25, 0.3) is 11.0 Å². The minimum atomic E-state index is -0.300. The molecule has 0 spiro atoms. The summed E-state index contributed by atoms with van der Waals surface area (Å²) in [5, 5.41) is 8.31. The Morgan fingerprint density at radius 2 is 1.82 bits per heavy atom. The fourth-order valence-electron chi connectivity index (χ4n) is 3.53. The van der Waals surface area contributed by atoms with Gasteiger partial charge in [0.05, 0.1) is 12.1 Å². The number of hydrogen-bond acceptors (Lipinski definition) is 4. The fourth-order valence-corrected chi connectivity index (χ4v) is 3.53. The van der Waals surface area contributed by atoms with Gasteiger partial charge in [-0.3, -0.25) is 9.59 Å². The minimum Gasteiger partial charge on any atom is -0.369 e. The number of benzene rings is 2. The number of amides is 2. The molecule has 2 aromatic carbocycles. The van der Waals surface area contributed by atoms with Crippen molar-refractivity contribution >= 4 is 22.8 Å². The first-order valence-corrected chi connectivity index (χ1v) is 9.17. The molecular weight excluding hydrogens is 361 g/mol. The largest absolute Gasteiger partial charge is 0.369 e. The van der Waals surface area contributed by atoms with E-state index in [0.29, 0.717) is 43.6 Å². The summed E-state index contributed by atoms with van der Waals surface area (Å²) in [5.74, 6) is -0.822. The summed E-state index contributed by atoms with van der Waals surface area (Å²) in [5.41, 5.74) is 8.22. The molecule has 4 rings (SSSR count). The van der Waals surface area contributed by atoms with Crippen LogP contribution in [0.1, 0.15) is 28.8 Å². The molecule has 0 radical (unpaired) electrons. The highest BCUT2D eigenvalue weighted by molar-refractivity contribution is 5.97. The molecule has 1 saturated heterocycles. The fraction of sp³-hybridized carbons (Fsp3) is 0.300. The number of primary amides is 1. The van der Waals surface area contributed by atoms with E-state index < -0.39 is 0 Å². The van der Waals surface area contributed by atoms with E-state index >= 15 is 0 Å². The maximum atomic E-state index is 13.1. The van der Waals surface area contributed by atoms with Crippen molar-refractivity contribution in [1.82, 2.24) is 19.9 Å². The first-order valence-electron chi connectivity index (χ1n) is 9.17. The Hall–Kier alpha value is -3.29. The standard InChI is InChI=1S/C20H20FN5O2/c21-16-4-1-13(2-5-16)12-26-18-6-3-15(11-17(18)23-24-26)20(28)25-9-7-14(8-10-25)19(22)27/h1-6,11,14H,7-10,12H2,(H2,22,27). The molecule has 144 valence electrons. The SMILES string of the molecule is NC(=O)C1CCN(C(=O)c2ccc3c(c2)nnn3Cc2ccc(F)cc2)CC1. The van der Waals surface area contributed by atoms with Gasteiger partial charge in [-0.05, 0) is 48.7 Å². The first kappa shape index (κ1) is 18.1. The molecule has 28 heavy (non-hydrogen) atoms. The number of carbonyl (C=O) groups excluding carboxylic acids is 2. The molecule has 8 heteroatoms. The number of nitrogens with two attached hydrogens (primary N) is 1. The van der Waals surface area contributed by atoms with Crippen LogP contribution in [0.4, 0.5) is 4.39 Å². The van der Waals surface area contributed by atoms with E-state index in [0.717, 1.165) is 11.1 Å². The summed E-state index contributed by atoms with van der Waals surface area (Å²) in [6, 6.07) is 11.5. The Kier molecular flexibility index (Phi) is 4.77. The van der Waals surface area contributed by atoms with Crippen LogP contribution in [0.5, 0.6) is 0 Å². The number of nitrogens with zero attached hydrogens (tertiary/aromatic N) is 4. The Bertz CT molecular complexity index is 1020. The van der Waals surface area contributed by atoms with E-state index in [-0.39, 0.29) is 23.5 Å². The van der Waals surface area contributed by atoms with Crippen molar-refractivity contribution in [2.24, 2.45) is 11.7 Å². The number of fused-ring (bicyclic) bond motifs is 1. The van der Waals surface area contributed by atoms with E-state index in [1.54, 1.807) is 33.8 Å². The Morgan fingerprint density at radius 3 is 2.50 bits per heavy atom. The lowest BCUT2D eigenvalue weighted by molar-refractivity contribution is -0.123. The lowest BCUT2D eigenvalue weighted by Crippen LogP contribution is -2.41. The van der Waals surface area contributed by atoms with Crippen LogP contribution in [0.15, 0.2) is 42.5 Å². The van der Waals surface area contributed by atoms with Crippen molar-refractivity contribution in [3.63, 3.8) is 0 Å². The van der Waals surface area contributed by atoms with Gasteiger partial charge < -0.3 is 10.6 Å². The predicted molar refractivity (Wildman–Crippen MR) is 101 cm³/mol. The molecule has 2 amide bonds. The lowest BCUT2D eigenvalue weighted by atomic mass is 9.96. The van der Waals surface area contributed by atoms with Gasteiger partial charge in [0.1, 0.15) is 11.3 Å². The Balaban J connectivity index is 1.50. The average molecular weight is 381 g/mol. The average Bonchev–Trinajstić information content (AvgIpc) is 3.11. The van der Waals surface area contributed by atoms with Crippen molar-refractivity contribution in [3.8, 4) is 0 Å². The van der Waals surface area contributed by atoms with Gasteiger partial charge in [-0.15, -0.1) is 5.10 Å². The normalized spacial score (nSPS) is 15.1. The molecule has 3 aromatic rings. The zero-order valence-electron chi connectivity index (χ0n) is 15.2. The van der Waals surface area contributed by atoms with Crippen LogP contribution in [0, 0.1) is 11.7 Å². The quantitative estimate of drug-likeness (QED) is 0.747. The highest BCUT2D eigenvalue weighted by Gasteiger charge is 2.26. The Labute approximate surface area is 160 Å². The van der Waals surface area contributed by atoms with Gasteiger partial charge in [0.2, 0.25) is 5.91 Å². The number of likely N-dealkylation sites (tertiary alicyclic amines) is 1. The summed E-state index contributed by atoms with van der Waals surface area (Å²) in [7, 11) is 0. The van der Waals surface area contributed by atoms with Crippen LogP contribution >= 0.6 is 0 Å². The molecule has 1 aliphatic heterocycles. The molecule has 0 bridgehead atoms. The molecule has 1 fully saturated rings. The number of halogens is 1. The van der Waals surface area contributed by atoms with Crippen molar-refractivity contribution in [2.75, 3.05) is 13.1 Å². The highest BCUT2D eigenvalue weighted by atomic mass is 19.1. The first-order chi connectivity index (χ1) is 13.5. The van der Waals surface area contributed by atoms with Gasteiger partial charge in [0.15, 0.2) is 0 Å². The van der Waals surface area contributed by atoms with Gasteiger partial charge in [-0.25, -0.2) is 9.07 Å². The molecule has 1 aliphatic rings. The van der Waals surface area contributed by atoms with E-state index in [2.05, 4.69) is 10.3 Å². The van der Waals surface area contributed by atoms with Crippen LogP contribution in [-0.4, -0.2) is 44.8 Å². The maximum absolute atomic E-state index is 13.1. The third-order valence-corrected chi connectivity index (χ3v) is 5.19. The van der Waals surface area contributed by atoms with Gasteiger partial charge in [0.25, 0.3) is 5.91 Å². The molecule has 0 unspecified atom stereocenters.